The average Bonchev–Trinajstić information content (AvgIpc) is 3.72. The molecule has 0 radical (unpaired) electrons. The monoisotopic (exact) mass is 749 g/mol. The van der Waals surface area contributed by atoms with Crippen molar-refractivity contribution in [2.24, 2.45) is 0 Å². The van der Waals surface area contributed by atoms with Gasteiger partial charge in [-0.25, -0.2) is 9.78 Å². The lowest BCUT2D eigenvalue weighted by Crippen LogP contribution is -2.60. The van der Waals surface area contributed by atoms with Crippen LogP contribution in [0.1, 0.15) is 53.6 Å². The summed E-state index contributed by atoms with van der Waals surface area (Å²) in [5, 5.41) is 38.9. The van der Waals surface area contributed by atoms with Crippen LogP contribution in [0.25, 0.3) is 11.0 Å². The van der Waals surface area contributed by atoms with Crippen molar-refractivity contribution in [3.05, 3.63) is 69.2 Å². The molecule has 15 nitrogen and oxygen atoms in total. The Bertz CT molecular complexity index is 1820. The van der Waals surface area contributed by atoms with Gasteiger partial charge >= 0.3 is 11.9 Å². The Balaban J connectivity index is 1.24. The Morgan fingerprint density at radius 2 is 1.88 bits per heavy atom. The molecule has 0 unspecified atom stereocenters. The van der Waals surface area contributed by atoms with Crippen LogP contribution in [-0.2, 0) is 49.9 Å². The molecule has 1 aliphatic rings. The molecule has 0 spiro atoms. The number of aliphatic hydroxyl groups is 3. The van der Waals surface area contributed by atoms with Crippen molar-refractivity contribution in [3.63, 3.8) is 0 Å². The topological polar surface area (TPSA) is 190 Å². The molecule has 2 aromatic heterocycles. The Kier molecular flexibility index (Phi) is 13.2. The van der Waals surface area contributed by atoms with Gasteiger partial charge in [0.05, 0.1) is 45.5 Å². The molecule has 0 aliphatic carbocycles. The van der Waals surface area contributed by atoms with Crippen LogP contribution in [0, 0.1) is 6.92 Å². The molecule has 3 N–H and O–H groups in total. The number of nitrogens with zero attached hydrogens (tertiary/aromatic N) is 5. The van der Waals surface area contributed by atoms with Crippen molar-refractivity contribution in [2.45, 2.75) is 89.9 Å². The van der Waals surface area contributed by atoms with E-state index in [0.29, 0.717) is 50.3 Å². The number of ether oxygens (including phenoxy) is 5. The first kappa shape index (κ1) is 38.4. The van der Waals surface area contributed by atoms with E-state index in [2.05, 4.69) is 14.9 Å². The fraction of sp³-hybridized carbons (Fsp3) is 0.500. The van der Waals surface area contributed by atoms with Gasteiger partial charge in [-0.05, 0) is 56.9 Å². The standard InChI is InChI=1S/C34H41Cl2N5O10/c1-4-48-27(43)12-8-13-40-16-20(38-39-40)9-7-14-41-24-11-6-5-10-23(24)37-26(41)18-49-31-22(35)15-21(19(2)28(31)36)33(46)51-32-30(45)29(44)25(17-42)50-34(32)47-3/h5-6,10-11,15-16,25,29-30,32,34,42,44-45H,4,7-9,12-14,17-18H2,1-3H3/t25-,29-,30+,32-,34+/m1/s1. The van der Waals surface area contributed by atoms with Crippen molar-refractivity contribution in [3.8, 4) is 5.75 Å². The van der Waals surface area contributed by atoms with Crippen molar-refractivity contribution in [2.75, 3.05) is 20.3 Å². The van der Waals surface area contributed by atoms with E-state index >= 15 is 0 Å². The number of hydrogen-bond acceptors (Lipinski definition) is 13. The normalized spacial score (nSPS) is 20.4. The minimum absolute atomic E-state index is 0.00124. The molecule has 0 bridgehead atoms. The quantitative estimate of drug-likeness (QED) is 0.142. The third-order valence-corrected chi connectivity index (χ3v) is 9.23. The predicted molar refractivity (Wildman–Crippen MR) is 183 cm³/mol. The van der Waals surface area contributed by atoms with Crippen LogP contribution in [0.4, 0.5) is 0 Å². The fourth-order valence-electron chi connectivity index (χ4n) is 5.82. The smallest absolute Gasteiger partial charge is 0.339 e. The number of esters is 2. The summed E-state index contributed by atoms with van der Waals surface area (Å²) in [5.74, 6) is -0.354. The third kappa shape index (κ3) is 8.98. The predicted octanol–water partition coefficient (Wildman–Crippen LogP) is 3.41. The fourth-order valence-corrected chi connectivity index (χ4v) is 6.38. The molecule has 276 valence electrons. The summed E-state index contributed by atoms with van der Waals surface area (Å²) < 4.78 is 31.0. The lowest BCUT2D eigenvalue weighted by Gasteiger charge is -2.40. The van der Waals surface area contributed by atoms with Crippen LogP contribution >= 0.6 is 23.2 Å². The molecule has 2 aromatic carbocycles. The van der Waals surface area contributed by atoms with Crippen molar-refractivity contribution in [1.29, 1.82) is 0 Å². The van der Waals surface area contributed by atoms with Crippen LogP contribution in [0.3, 0.4) is 0 Å². The molecule has 1 saturated heterocycles. The van der Waals surface area contributed by atoms with Crippen LogP contribution in [0.15, 0.2) is 36.5 Å². The highest BCUT2D eigenvalue weighted by atomic mass is 35.5. The number of aliphatic hydroxyl groups excluding tert-OH is 3. The highest BCUT2D eigenvalue weighted by Gasteiger charge is 2.47. The van der Waals surface area contributed by atoms with Crippen molar-refractivity contribution >= 4 is 46.2 Å². The zero-order chi connectivity index (χ0) is 36.7. The van der Waals surface area contributed by atoms with Gasteiger partial charge in [0.15, 0.2) is 18.1 Å². The van der Waals surface area contributed by atoms with Gasteiger partial charge in [0.2, 0.25) is 0 Å². The SMILES string of the molecule is CCOC(=O)CCCn1cc(CCCn2c(COc3c(Cl)cc(C(=O)O[C@H]4[C@@H](OC)O[C@H](CO)[C@@H](O)[C@@H]4O)c(C)c3Cl)nc3ccccc32)nn1. The molecule has 1 aliphatic heterocycles. The molecule has 51 heavy (non-hydrogen) atoms. The number of rotatable bonds is 16. The molecule has 0 saturated carbocycles. The zero-order valence-electron chi connectivity index (χ0n) is 28.4. The highest BCUT2D eigenvalue weighted by Crippen LogP contribution is 2.39. The number of aromatic nitrogens is 5. The molecule has 1 fully saturated rings. The van der Waals surface area contributed by atoms with Crippen LogP contribution < -0.4 is 4.74 Å². The van der Waals surface area contributed by atoms with Crippen LogP contribution in [0.2, 0.25) is 10.0 Å². The van der Waals surface area contributed by atoms with Gasteiger partial charge in [-0.15, -0.1) is 5.10 Å². The van der Waals surface area contributed by atoms with Gasteiger partial charge in [0.1, 0.15) is 30.7 Å². The lowest BCUT2D eigenvalue weighted by atomic mass is 9.99. The Morgan fingerprint density at radius 1 is 1.10 bits per heavy atom. The maximum absolute atomic E-state index is 13.3. The molecular formula is C34H41Cl2N5O10. The summed E-state index contributed by atoms with van der Waals surface area (Å²) in [6, 6.07) is 9.06. The largest absolute Gasteiger partial charge is 0.483 e. The van der Waals surface area contributed by atoms with Gasteiger partial charge in [0, 0.05) is 32.8 Å². The summed E-state index contributed by atoms with van der Waals surface area (Å²) in [4.78, 5) is 29.6. The van der Waals surface area contributed by atoms with Gasteiger partial charge in [-0.3, -0.25) is 9.48 Å². The second kappa shape index (κ2) is 17.6. The average molecular weight is 751 g/mol. The van der Waals surface area contributed by atoms with E-state index < -0.39 is 43.3 Å². The number of hydrogen-bond donors (Lipinski definition) is 3. The second-order valence-electron chi connectivity index (χ2n) is 11.9. The number of halogens is 2. The second-order valence-corrected chi connectivity index (χ2v) is 12.7. The first-order chi connectivity index (χ1) is 24.6. The molecule has 5 atom stereocenters. The van der Waals surface area contributed by atoms with E-state index in [1.807, 2.05) is 30.5 Å². The van der Waals surface area contributed by atoms with Crippen molar-refractivity contribution < 1.29 is 48.6 Å². The molecule has 4 aromatic rings. The minimum Gasteiger partial charge on any atom is -0.483 e. The summed E-state index contributed by atoms with van der Waals surface area (Å²) in [6.07, 6.45) is -2.70. The maximum atomic E-state index is 13.3. The van der Waals surface area contributed by atoms with E-state index in [0.717, 1.165) is 23.1 Å². The number of carbonyl (C=O) groups is 2. The summed E-state index contributed by atoms with van der Waals surface area (Å²) in [6.45, 7) is 4.34. The van der Waals surface area contributed by atoms with Gasteiger partial charge in [-0.2, -0.15) is 0 Å². The van der Waals surface area contributed by atoms with Crippen LogP contribution in [0.5, 0.6) is 5.75 Å². The van der Waals surface area contributed by atoms with E-state index in [1.54, 1.807) is 18.5 Å². The summed E-state index contributed by atoms with van der Waals surface area (Å²) >= 11 is 13.3. The summed E-state index contributed by atoms with van der Waals surface area (Å²) in [7, 11) is 1.27. The highest BCUT2D eigenvalue weighted by molar-refractivity contribution is 6.38. The number of aryl methyl sites for hydroxylation is 3. The lowest BCUT2D eigenvalue weighted by molar-refractivity contribution is -0.293. The van der Waals surface area contributed by atoms with E-state index in [-0.39, 0.29) is 33.9 Å². The molecule has 5 rings (SSSR count). The Labute approximate surface area is 303 Å². The first-order valence-electron chi connectivity index (χ1n) is 16.5. The van der Waals surface area contributed by atoms with Gasteiger partial charge in [0.25, 0.3) is 0 Å². The number of carbonyl (C=O) groups excluding carboxylic acids is 2. The van der Waals surface area contributed by atoms with Gasteiger partial charge < -0.3 is 43.6 Å². The van der Waals surface area contributed by atoms with Crippen molar-refractivity contribution in [1.82, 2.24) is 24.5 Å². The number of benzene rings is 2. The summed E-state index contributed by atoms with van der Waals surface area (Å²) in [5.41, 5.74) is 2.84. The number of imidazole rings is 1. The van der Waals surface area contributed by atoms with Crippen LogP contribution in [-0.4, -0.2) is 103 Å². The Morgan fingerprint density at radius 3 is 2.63 bits per heavy atom. The maximum Gasteiger partial charge on any atom is 0.339 e. The van der Waals surface area contributed by atoms with E-state index in [9.17, 15) is 24.9 Å². The van der Waals surface area contributed by atoms with E-state index in [4.69, 9.17) is 51.9 Å². The number of para-hydroxylation sites is 2. The first-order valence-corrected chi connectivity index (χ1v) is 17.3. The van der Waals surface area contributed by atoms with E-state index in [1.165, 1.54) is 13.2 Å². The number of methoxy groups -OCH3 is 1. The molecule has 17 heteroatoms. The van der Waals surface area contributed by atoms with Gasteiger partial charge in [-0.1, -0.05) is 40.5 Å². The third-order valence-electron chi connectivity index (χ3n) is 8.49. The molecular weight excluding hydrogens is 709 g/mol. The number of fused-ring (bicyclic) bond motifs is 1. The zero-order valence-corrected chi connectivity index (χ0v) is 29.9. The molecule has 3 heterocycles. The minimum atomic E-state index is -1.60. The molecule has 0 amide bonds. The Hall–Kier alpha value is -3.83.